The summed E-state index contributed by atoms with van der Waals surface area (Å²) in [7, 11) is 0. The molecule has 3 aromatic heterocycles. The fourth-order valence-electron chi connectivity index (χ4n) is 3.54. The zero-order valence-corrected chi connectivity index (χ0v) is 17.2. The van der Waals surface area contributed by atoms with E-state index in [9.17, 15) is 0 Å². The first-order chi connectivity index (χ1) is 12.9. The molecule has 1 N–H and O–H groups in total. The van der Waals surface area contributed by atoms with Crippen LogP contribution in [0.1, 0.15) is 68.3 Å². The Morgan fingerprint density at radius 3 is 2.52 bits per heavy atom. The smallest absolute Gasteiger partial charge is 0.184 e. The van der Waals surface area contributed by atoms with Crippen LogP contribution >= 0.6 is 0 Å². The molecule has 27 heavy (non-hydrogen) atoms. The molecule has 0 radical (unpaired) electrons. The van der Waals surface area contributed by atoms with E-state index in [0.29, 0.717) is 23.2 Å². The molecule has 0 fully saturated rings. The molecule has 0 amide bonds. The van der Waals surface area contributed by atoms with E-state index in [1.165, 1.54) is 12.8 Å². The van der Waals surface area contributed by atoms with E-state index in [2.05, 4.69) is 57.4 Å². The summed E-state index contributed by atoms with van der Waals surface area (Å²) < 4.78 is 1.97. The van der Waals surface area contributed by atoms with Gasteiger partial charge in [0.2, 0.25) is 0 Å². The van der Waals surface area contributed by atoms with Gasteiger partial charge in [-0.3, -0.25) is 4.98 Å². The van der Waals surface area contributed by atoms with Gasteiger partial charge in [0.15, 0.2) is 17.0 Å². The van der Waals surface area contributed by atoms with E-state index >= 15 is 0 Å². The van der Waals surface area contributed by atoms with Crippen molar-refractivity contribution in [3.63, 3.8) is 0 Å². The number of anilines is 2. The predicted octanol–water partition coefficient (Wildman–Crippen LogP) is 4.73. The van der Waals surface area contributed by atoms with E-state index in [1.807, 2.05) is 25.5 Å². The quantitative estimate of drug-likeness (QED) is 0.650. The second-order valence-corrected chi connectivity index (χ2v) is 7.20. The van der Waals surface area contributed by atoms with Crippen LogP contribution in [0.15, 0.2) is 6.07 Å². The minimum Gasteiger partial charge on any atom is -0.336 e. The maximum absolute atomic E-state index is 4.65. The summed E-state index contributed by atoms with van der Waals surface area (Å²) >= 11 is 0. The van der Waals surface area contributed by atoms with Gasteiger partial charge < -0.3 is 5.32 Å². The first-order valence-electron chi connectivity index (χ1n) is 9.76. The normalized spacial score (nSPS) is 12.5. The second kappa shape index (κ2) is 7.98. The first kappa shape index (κ1) is 19.2. The molecule has 1 atom stereocenters. The van der Waals surface area contributed by atoms with Crippen molar-refractivity contribution in [2.45, 2.75) is 73.3 Å². The second-order valence-electron chi connectivity index (χ2n) is 7.20. The summed E-state index contributed by atoms with van der Waals surface area (Å²) in [4.78, 5) is 13.8. The van der Waals surface area contributed by atoms with Gasteiger partial charge in [-0.15, -0.1) is 5.10 Å². The van der Waals surface area contributed by atoms with Gasteiger partial charge in [0.1, 0.15) is 5.82 Å². The van der Waals surface area contributed by atoms with E-state index in [4.69, 9.17) is 0 Å². The highest BCUT2D eigenvalue weighted by atomic mass is 15.5. The first-order valence-corrected chi connectivity index (χ1v) is 9.76. The topological polar surface area (TPSA) is 81.4 Å². The van der Waals surface area contributed by atoms with E-state index in [0.717, 1.165) is 41.1 Å². The number of unbranched alkanes of at least 4 members (excludes halogenated alkanes) is 1. The van der Waals surface area contributed by atoms with E-state index < -0.39 is 0 Å². The maximum atomic E-state index is 4.65. The molecule has 0 saturated heterocycles. The molecule has 0 bridgehead atoms. The lowest BCUT2D eigenvalue weighted by Gasteiger charge is -2.15. The van der Waals surface area contributed by atoms with Crippen molar-refractivity contribution in [2.75, 3.05) is 5.32 Å². The number of nitrogens with zero attached hydrogens (tertiary/aromatic N) is 6. The Kier molecular flexibility index (Phi) is 5.68. The summed E-state index contributed by atoms with van der Waals surface area (Å²) in [6, 6.07) is 2.37. The lowest BCUT2D eigenvalue weighted by atomic mass is 10.1. The van der Waals surface area contributed by atoms with Crippen molar-refractivity contribution in [1.82, 2.24) is 29.9 Å². The van der Waals surface area contributed by atoms with Crippen LogP contribution in [0.3, 0.4) is 0 Å². The highest BCUT2D eigenvalue weighted by molar-refractivity contribution is 5.85. The lowest BCUT2D eigenvalue weighted by Crippen LogP contribution is -2.11. The molecular formula is C20H29N7. The summed E-state index contributed by atoms with van der Waals surface area (Å²) in [6.07, 6.45) is 4.42. The minimum atomic E-state index is 0.307. The Bertz CT molecular complexity index is 922. The number of hydrogen-bond donors (Lipinski definition) is 1. The van der Waals surface area contributed by atoms with Crippen LogP contribution in [-0.4, -0.2) is 29.9 Å². The van der Waals surface area contributed by atoms with Crippen LogP contribution < -0.4 is 5.32 Å². The number of hydrogen-bond acceptors (Lipinski definition) is 6. The molecule has 0 spiro atoms. The van der Waals surface area contributed by atoms with Gasteiger partial charge in [-0.25, -0.2) is 14.6 Å². The van der Waals surface area contributed by atoms with Gasteiger partial charge in [0, 0.05) is 5.69 Å². The zero-order chi connectivity index (χ0) is 19.6. The monoisotopic (exact) mass is 367 g/mol. The highest BCUT2D eigenvalue weighted by Crippen LogP contribution is 2.29. The van der Waals surface area contributed by atoms with Crippen LogP contribution in [0.25, 0.3) is 11.2 Å². The predicted molar refractivity (Wildman–Crippen MR) is 108 cm³/mol. The molecule has 1 unspecified atom stereocenters. The van der Waals surface area contributed by atoms with E-state index in [-0.39, 0.29) is 0 Å². The average Bonchev–Trinajstić information content (AvgIpc) is 3.02. The Morgan fingerprint density at radius 1 is 1.07 bits per heavy atom. The molecule has 7 heteroatoms. The van der Waals surface area contributed by atoms with Crippen LogP contribution in [-0.2, 0) is 0 Å². The molecule has 0 saturated carbocycles. The largest absolute Gasteiger partial charge is 0.336 e. The molecule has 3 heterocycles. The third-order valence-electron chi connectivity index (χ3n) is 4.91. The number of aryl methyl sites for hydroxylation is 4. The van der Waals surface area contributed by atoms with Gasteiger partial charge in [-0.1, -0.05) is 31.9 Å². The molecule has 0 aliphatic rings. The molecular weight excluding hydrogens is 338 g/mol. The van der Waals surface area contributed by atoms with Gasteiger partial charge in [0.05, 0.1) is 17.4 Å². The fraction of sp³-hybridized carbons (Fsp3) is 0.550. The zero-order valence-electron chi connectivity index (χ0n) is 17.2. The highest BCUT2D eigenvalue weighted by Gasteiger charge is 2.19. The Labute approximate surface area is 160 Å². The summed E-state index contributed by atoms with van der Waals surface area (Å²) in [6.45, 7) is 12.4. The number of fused-ring (bicyclic) bond motifs is 1. The minimum absolute atomic E-state index is 0.307. The van der Waals surface area contributed by atoms with Gasteiger partial charge in [0.25, 0.3) is 0 Å². The van der Waals surface area contributed by atoms with Crippen molar-refractivity contribution in [1.29, 1.82) is 0 Å². The Morgan fingerprint density at radius 2 is 1.85 bits per heavy atom. The standard InChI is InChI=1S/C20H29N7/c1-7-9-10-16(8-2)27-20-18(25-26-27)19(22-15(6)23-20)24-17-12(3)11-13(4)21-14(17)5/h11,16H,7-10H2,1-6H3,(H,22,23,24). The van der Waals surface area contributed by atoms with Crippen molar-refractivity contribution < 1.29 is 0 Å². The third-order valence-corrected chi connectivity index (χ3v) is 4.91. The van der Waals surface area contributed by atoms with Crippen LogP contribution in [0.5, 0.6) is 0 Å². The Balaban J connectivity index is 2.05. The van der Waals surface area contributed by atoms with Crippen LogP contribution in [0.2, 0.25) is 0 Å². The van der Waals surface area contributed by atoms with Crippen molar-refractivity contribution in [2.24, 2.45) is 0 Å². The third kappa shape index (κ3) is 3.91. The molecule has 0 aliphatic heterocycles. The van der Waals surface area contributed by atoms with Crippen LogP contribution in [0.4, 0.5) is 11.5 Å². The molecule has 7 nitrogen and oxygen atoms in total. The van der Waals surface area contributed by atoms with Gasteiger partial charge in [-0.05, 0) is 52.2 Å². The fourth-order valence-corrected chi connectivity index (χ4v) is 3.54. The molecule has 3 aromatic rings. The molecule has 144 valence electrons. The molecule has 0 aliphatic carbocycles. The van der Waals surface area contributed by atoms with Crippen molar-refractivity contribution in [3.8, 4) is 0 Å². The summed E-state index contributed by atoms with van der Waals surface area (Å²) in [5, 5.41) is 12.3. The van der Waals surface area contributed by atoms with E-state index in [1.54, 1.807) is 0 Å². The summed E-state index contributed by atoms with van der Waals surface area (Å²) in [5.41, 5.74) is 5.54. The summed E-state index contributed by atoms with van der Waals surface area (Å²) in [5.74, 6) is 1.39. The van der Waals surface area contributed by atoms with Gasteiger partial charge >= 0.3 is 0 Å². The van der Waals surface area contributed by atoms with Crippen molar-refractivity contribution in [3.05, 3.63) is 28.8 Å². The maximum Gasteiger partial charge on any atom is 0.184 e. The average molecular weight is 368 g/mol. The molecule has 0 aromatic carbocycles. The number of rotatable bonds is 7. The SMILES string of the molecule is CCCCC(CC)n1nnc2c(Nc3c(C)cc(C)nc3C)nc(C)nc21. The van der Waals surface area contributed by atoms with Crippen molar-refractivity contribution >= 4 is 22.7 Å². The van der Waals surface area contributed by atoms with Crippen LogP contribution in [0, 0.1) is 27.7 Å². The number of pyridine rings is 1. The van der Waals surface area contributed by atoms with Gasteiger partial charge in [-0.2, -0.15) is 0 Å². The Hall–Kier alpha value is -2.57. The number of nitrogens with one attached hydrogen (secondary N) is 1. The molecule has 3 rings (SSSR count). The lowest BCUT2D eigenvalue weighted by molar-refractivity contribution is 0.400. The number of aromatic nitrogens is 6.